The van der Waals surface area contributed by atoms with Gasteiger partial charge in [0.25, 0.3) is 0 Å². The molecule has 0 heterocycles. The van der Waals surface area contributed by atoms with Crippen LogP contribution in [0.1, 0.15) is 44.1 Å². The highest BCUT2D eigenvalue weighted by Gasteiger charge is 2.56. The molecule has 2 atom stereocenters. The van der Waals surface area contributed by atoms with Crippen molar-refractivity contribution in [3.05, 3.63) is 41.8 Å². The average molecular weight is 260 g/mol. The van der Waals surface area contributed by atoms with Crippen molar-refractivity contribution >= 4 is 11.6 Å². The van der Waals surface area contributed by atoms with E-state index in [-0.39, 0.29) is 0 Å². The Morgan fingerprint density at radius 2 is 1.61 bits per heavy atom. The normalized spacial score (nSPS) is 45.4. The highest BCUT2D eigenvalue weighted by atomic mass is 35.5. The van der Waals surface area contributed by atoms with Gasteiger partial charge in [-0.1, -0.05) is 23.7 Å². The molecule has 0 aromatic heterocycles. The Morgan fingerprint density at radius 3 is 2.17 bits per heavy atom. The van der Waals surface area contributed by atoms with Gasteiger partial charge in [-0.05, 0) is 85.8 Å². The number of hydrogen-bond donors (Lipinski definition) is 0. The third-order valence-electron chi connectivity index (χ3n) is 5.64. The zero-order valence-corrected chi connectivity index (χ0v) is 11.5. The van der Waals surface area contributed by atoms with Gasteiger partial charge in [0, 0.05) is 5.02 Å². The summed E-state index contributed by atoms with van der Waals surface area (Å²) in [6.45, 7) is 4.59. The van der Waals surface area contributed by atoms with Gasteiger partial charge < -0.3 is 0 Å². The molecule has 1 radical (unpaired) electrons. The molecule has 0 spiro atoms. The van der Waals surface area contributed by atoms with Gasteiger partial charge in [0.1, 0.15) is 0 Å². The maximum absolute atomic E-state index is 6.03. The van der Waals surface area contributed by atoms with E-state index in [0.717, 1.165) is 16.9 Å². The summed E-state index contributed by atoms with van der Waals surface area (Å²) in [6, 6.07) is 8.65. The predicted octanol–water partition coefficient (Wildman–Crippen LogP) is 5.01. The van der Waals surface area contributed by atoms with Crippen LogP contribution in [0.4, 0.5) is 0 Å². The van der Waals surface area contributed by atoms with Gasteiger partial charge in [-0.3, -0.25) is 0 Å². The lowest BCUT2D eigenvalue weighted by Gasteiger charge is -2.61. The highest BCUT2D eigenvalue weighted by Crippen LogP contribution is 2.65. The van der Waals surface area contributed by atoms with Crippen molar-refractivity contribution < 1.29 is 0 Å². The van der Waals surface area contributed by atoms with E-state index in [0.29, 0.717) is 10.8 Å². The molecule has 4 aliphatic rings. The molecule has 0 nitrogen and oxygen atoms in total. The minimum atomic E-state index is 0.379. The second-order valence-electron chi connectivity index (χ2n) is 7.25. The molecule has 5 rings (SSSR count). The van der Waals surface area contributed by atoms with Crippen LogP contribution in [0.2, 0.25) is 5.02 Å². The maximum atomic E-state index is 6.03. The molecule has 18 heavy (non-hydrogen) atoms. The third kappa shape index (κ3) is 1.58. The van der Waals surface area contributed by atoms with E-state index in [1.807, 2.05) is 0 Å². The fourth-order valence-corrected chi connectivity index (χ4v) is 5.72. The van der Waals surface area contributed by atoms with E-state index in [4.69, 9.17) is 11.6 Å². The van der Waals surface area contributed by atoms with Crippen LogP contribution in [0, 0.1) is 24.2 Å². The first-order valence-electron chi connectivity index (χ1n) is 7.18. The molecule has 4 saturated carbocycles. The molecule has 1 aromatic carbocycles. The van der Waals surface area contributed by atoms with E-state index in [1.54, 1.807) is 0 Å². The summed E-state index contributed by atoms with van der Waals surface area (Å²) in [4.78, 5) is 0. The summed E-state index contributed by atoms with van der Waals surface area (Å²) in [6.07, 6.45) is 8.30. The van der Waals surface area contributed by atoms with Crippen molar-refractivity contribution in [2.24, 2.45) is 17.3 Å². The summed E-state index contributed by atoms with van der Waals surface area (Å²) < 4.78 is 0. The highest BCUT2D eigenvalue weighted by molar-refractivity contribution is 6.30. The quantitative estimate of drug-likeness (QED) is 0.665. The lowest BCUT2D eigenvalue weighted by atomic mass is 9.43. The first kappa shape index (κ1) is 11.3. The average Bonchev–Trinajstić information content (AvgIpc) is 2.26. The predicted molar refractivity (Wildman–Crippen MR) is 75.6 cm³/mol. The molecular weight excluding hydrogens is 240 g/mol. The van der Waals surface area contributed by atoms with E-state index < -0.39 is 0 Å². The molecule has 4 aliphatic carbocycles. The van der Waals surface area contributed by atoms with Crippen molar-refractivity contribution in [2.45, 2.75) is 43.9 Å². The molecule has 95 valence electrons. The van der Waals surface area contributed by atoms with Gasteiger partial charge in [-0.2, -0.15) is 0 Å². The van der Waals surface area contributed by atoms with Gasteiger partial charge in [0.2, 0.25) is 0 Å². The van der Waals surface area contributed by atoms with E-state index in [2.05, 4.69) is 31.2 Å². The Balaban J connectivity index is 1.77. The third-order valence-corrected chi connectivity index (χ3v) is 5.89. The second kappa shape index (κ2) is 3.54. The largest absolute Gasteiger partial charge is 0.0843 e. The SMILES string of the molecule is [CH2]C12CC3CC(C1)CC(c1ccc(Cl)cc1)(C3)C2. The molecule has 1 aromatic rings. The van der Waals surface area contributed by atoms with Gasteiger partial charge in [0.15, 0.2) is 0 Å². The van der Waals surface area contributed by atoms with Crippen molar-refractivity contribution in [1.82, 2.24) is 0 Å². The van der Waals surface area contributed by atoms with Gasteiger partial charge >= 0.3 is 0 Å². The van der Waals surface area contributed by atoms with Crippen LogP contribution < -0.4 is 0 Å². The monoisotopic (exact) mass is 259 g/mol. The number of rotatable bonds is 1. The zero-order chi connectivity index (χ0) is 12.4. The second-order valence-corrected chi connectivity index (χ2v) is 7.68. The van der Waals surface area contributed by atoms with Gasteiger partial charge in [-0.15, -0.1) is 0 Å². The molecule has 2 unspecified atom stereocenters. The van der Waals surface area contributed by atoms with E-state index in [1.165, 1.54) is 44.1 Å². The maximum Gasteiger partial charge on any atom is 0.0406 e. The molecular formula is C17H20Cl. The van der Waals surface area contributed by atoms with Crippen LogP contribution in [0.3, 0.4) is 0 Å². The lowest BCUT2D eigenvalue weighted by Crippen LogP contribution is -2.53. The van der Waals surface area contributed by atoms with Crippen molar-refractivity contribution in [2.75, 3.05) is 0 Å². The Labute approximate surface area is 115 Å². The standard InChI is InChI=1S/C17H20Cl/c1-16-7-12-6-13(8-16)10-17(9-12,11-16)14-2-4-15(18)5-3-14/h2-5,12-13H,1,6-11H2. The summed E-state index contributed by atoms with van der Waals surface area (Å²) in [5, 5.41) is 0.854. The Hall–Kier alpha value is -0.490. The number of benzene rings is 1. The fourth-order valence-electron chi connectivity index (χ4n) is 5.59. The first-order valence-corrected chi connectivity index (χ1v) is 7.56. The molecule has 0 N–H and O–H groups in total. The zero-order valence-electron chi connectivity index (χ0n) is 10.8. The summed E-state index contributed by atoms with van der Waals surface area (Å²) in [5.74, 6) is 1.86. The Kier molecular flexibility index (Phi) is 2.23. The minimum Gasteiger partial charge on any atom is -0.0843 e. The lowest BCUT2D eigenvalue weighted by molar-refractivity contribution is -0.0471. The minimum absolute atomic E-state index is 0.379. The Morgan fingerprint density at radius 1 is 1.00 bits per heavy atom. The van der Waals surface area contributed by atoms with Crippen LogP contribution in [0.25, 0.3) is 0 Å². The fraction of sp³-hybridized carbons (Fsp3) is 0.588. The molecule has 0 aliphatic heterocycles. The van der Waals surface area contributed by atoms with E-state index >= 15 is 0 Å². The van der Waals surface area contributed by atoms with Crippen LogP contribution in [-0.2, 0) is 5.41 Å². The smallest absolute Gasteiger partial charge is 0.0406 e. The summed E-state index contributed by atoms with van der Waals surface area (Å²) in [5.41, 5.74) is 2.33. The van der Waals surface area contributed by atoms with Crippen molar-refractivity contribution in [3.8, 4) is 0 Å². The molecule has 0 saturated heterocycles. The molecule has 1 heteroatoms. The summed E-state index contributed by atoms with van der Waals surface area (Å²) in [7, 11) is 0. The Bertz CT molecular complexity index is 459. The summed E-state index contributed by atoms with van der Waals surface area (Å²) >= 11 is 6.03. The number of halogens is 1. The molecule has 4 fully saturated rings. The van der Waals surface area contributed by atoms with Crippen LogP contribution in [0.15, 0.2) is 24.3 Å². The van der Waals surface area contributed by atoms with Gasteiger partial charge in [0.05, 0.1) is 0 Å². The number of hydrogen-bond acceptors (Lipinski definition) is 0. The van der Waals surface area contributed by atoms with Crippen molar-refractivity contribution in [3.63, 3.8) is 0 Å². The first-order chi connectivity index (χ1) is 8.57. The topological polar surface area (TPSA) is 0 Å². The molecule has 4 bridgehead atoms. The van der Waals surface area contributed by atoms with Crippen LogP contribution in [0.5, 0.6) is 0 Å². The van der Waals surface area contributed by atoms with E-state index in [9.17, 15) is 0 Å². The van der Waals surface area contributed by atoms with Crippen molar-refractivity contribution in [1.29, 1.82) is 0 Å². The van der Waals surface area contributed by atoms with Crippen LogP contribution >= 0.6 is 11.6 Å². The van der Waals surface area contributed by atoms with Crippen LogP contribution in [-0.4, -0.2) is 0 Å². The molecule has 0 amide bonds. The van der Waals surface area contributed by atoms with Gasteiger partial charge in [-0.25, -0.2) is 0 Å².